The molecule has 0 aliphatic rings. The lowest BCUT2D eigenvalue weighted by Crippen LogP contribution is -2.10. The van der Waals surface area contributed by atoms with Gasteiger partial charge in [-0.25, -0.2) is 4.79 Å². The highest BCUT2D eigenvalue weighted by atomic mass is 32.1. The van der Waals surface area contributed by atoms with Crippen molar-refractivity contribution in [2.45, 2.75) is 33.5 Å². The van der Waals surface area contributed by atoms with Gasteiger partial charge in [-0.15, -0.1) is 21.5 Å². The van der Waals surface area contributed by atoms with Crippen LogP contribution in [0.2, 0.25) is 0 Å². The number of nitrogens with zero attached hydrogens (tertiary/aromatic N) is 3. The fraction of sp³-hybridized carbons (Fsp3) is 0.238. The SMILES string of the molecule is Cc1noc(C)c1COc1cccc(C(=O)OC(C)c2nnc(-c3cccs3)o2)c1. The average molecular weight is 425 g/mol. The summed E-state index contributed by atoms with van der Waals surface area (Å²) < 4.78 is 22.0. The minimum Gasteiger partial charge on any atom is -0.489 e. The molecule has 30 heavy (non-hydrogen) atoms. The molecule has 0 aliphatic carbocycles. The van der Waals surface area contributed by atoms with Crippen LogP contribution >= 0.6 is 11.3 Å². The molecule has 0 amide bonds. The van der Waals surface area contributed by atoms with Gasteiger partial charge in [0, 0.05) is 0 Å². The maximum absolute atomic E-state index is 12.6. The number of carbonyl (C=O) groups is 1. The molecule has 1 aromatic carbocycles. The number of esters is 1. The Morgan fingerprint density at radius 2 is 2.07 bits per heavy atom. The number of carbonyl (C=O) groups excluding carboxylic acids is 1. The molecule has 4 aromatic rings. The van der Waals surface area contributed by atoms with Crippen LogP contribution in [0.3, 0.4) is 0 Å². The highest BCUT2D eigenvalue weighted by Crippen LogP contribution is 2.26. The van der Waals surface area contributed by atoms with Crippen molar-refractivity contribution in [3.8, 4) is 16.5 Å². The second-order valence-corrected chi connectivity index (χ2v) is 7.54. The lowest BCUT2D eigenvalue weighted by molar-refractivity contribution is 0.0279. The van der Waals surface area contributed by atoms with Gasteiger partial charge in [0.15, 0.2) is 6.10 Å². The van der Waals surface area contributed by atoms with Crippen LogP contribution in [0.5, 0.6) is 5.75 Å². The number of hydrogen-bond donors (Lipinski definition) is 0. The van der Waals surface area contributed by atoms with Crippen molar-refractivity contribution in [3.05, 3.63) is 70.3 Å². The highest BCUT2D eigenvalue weighted by molar-refractivity contribution is 7.13. The number of aryl methyl sites for hydroxylation is 2. The Morgan fingerprint density at radius 1 is 1.20 bits per heavy atom. The number of hydrogen-bond acceptors (Lipinski definition) is 9. The van der Waals surface area contributed by atoms with Gasteiger partial charge in [-0.2, -0.15) is 0 Å². The number of thiophene rings is 1. The molecule has 3 heterocycles. The van der Waals surface area contributed by atoms with Crippen LogP contribution in [-0.4, -0.2) is 21.3 Å². The monoisotopic (exact) mass is 425 g/mol. The van der Waals surface area contributed by atoms with Crippen LogP contribution in [0, 0.1) is 13.8 Å². The molecule has 1 unspecified atom stereocenters. The Morgan fingerprint density at radius 3 is 2.80 bits per heavy atom. The van der Waals surface area contributed by atoms with Crippen molar-refractivity contribution in [2.24, 2.45) is 0 Å². The number of aromatic nitrogens is 3. The largest absolute Gasteiger partial charge is 0.489 e. The molecule has 0 N–H and O–H groups in total. The lowest BCUT2D eigenvalue weighted by Gasteiger charge is -2.11. The van der Waals surface area contributed by atoms with E-state index >= 15 is 0 Å². The van der Waals surface area contributed by atoms with Gasteiger partial charge in [-0.05, 0) is 50.4 Å². The van der Waals surface area contributed by atoms with E-state index in [1.165, 1.54) is 11.3 Å². The van der Waals surface area contributed by atoms with Crippen LogP contribution in [0.15, 0.2) is 50.7 Å². The van der Waals surface area contributed by atoms with Gasteiger partial charge in [0.2, 0.25) is 0 Å². The number of ether oxygens (including phenoxy) is 2. The molecule has 154 valence electrons. The van der Waals surface area contributed by atoms with E-state index in [-0.39, 0.29) is 5.89 Å². The number of rotatable bonds is 7. The molecule has 4 rings (SSSR count). The molecule has 0 bridgehead atoms. The molecule has 0 aliphatic heterocycles. The van der Waals surface area contributed by atoms with Crippen LogP contribution in [0.1, 0.15) is 46.3 Å². The summed E-state index contributed by atoms with van der Waals surface area (Å²) in [6.07, 6.45) is -0.689. The van der Waals surface area contributed by atoms with Crippen LogP contribution in [0.4, 0.5) is 0 Å². The summed E-state index contributed by atoms with van der Waals surface area (Å²) in [4.78, 5) is 13.4. The molecule has 0 radical (unpaired) electrons. The van der Waals surface area contributed by atoms with Gasteiger partial charge >= 0.3 is 5.97 Å². The van der Waals surface area contributed by atoms with E-state index in [0.29, 0.717) is 29.6 Å². The standard InChI is InChI=1S/C21H19N3O5S/c1-12-17(13(2)29-24-12)11-26-16-7-4-6-15(10-16)21(25)27-14(3)19-22-23-20(28-19)18-8-5-9-30-18/h4-10,14H,11H2,1-3H3. The Hall–Kier alpha value is -3.46. The molecular weight excluding hydrogens is 406 g/mol. The van der Waals surface area contributed by atoms with Crippen LogP contribution < -0.4 is 4.74 Å². The second kappa shape index (κ2) is 8.50. The van der Waals surface area contributed by atoms with Crippen molar-refractivity contribution >= 4 is 17.3 Å². The van der Waals surface area contributed by atoms with Crippen molar-refractivity contribution in [1.29, 1.82) is 0 Å². The van der Waals surface area contributed by atoms with E-state index in [1.54, 1.807) is 31.2 Å². The summed E-state index contributed by atoms with van der Waals surface area (Å²) in [5.74, 6) is 1.37. The average Bonchev–Trinajstić information content (AvgIpc) is 3.49. The van der Waals surface area contributed by atoms with Gasteiger partial charge in [0.25, 0.3) is 11.8 Å². The molecule has 0 saturated heterocycles. The summed E-state index contributed by atoms with van der Waals surface area (Å²) in [7, 11) is 0. The van der Waals surface area contributed by atoms with E-state index in [9.17, 15) is 4.79 Å². The Balaban J connectivity index is 1.40. The fourth-order valence-electron chi connectivity index (χ4n) is 2.75. The van der Waals surface area contributed by atoms with Crippen LogP contribution in [0.25, 0.3) is 10.8 Å². The third kappa shape index (κ3) is 4.25. The third-order valence-electron chi connectivity index (χ3n) is 4.44. The Kier molecular flexibility index (Phi) is 5.62. The fourth-order valence-corrected chi connectivity index (χ4v) is 3.40. The number of benzene rings is 1. The molecule has 0 spiro atoms. The molecule has 1 atom stereocenters. The second-order valence-electron chi connectivity index (χ2n) is 6.59. The van der Waals surface area contributed by atoms with Gasteiger partial charge in [-0.3, -0.25) is 0 Å². The summed E-state index contributed by atoms with van der Waals surface area (Å²) >= 11 is 1.49. The maximum Gasteiger partial charge on any atom is 0.339 e. The highest BCUT2D eigenvalue weighted by Gasteiger charge is 2.20. The smallest absolute Gasteiger partial charge is 0.339 e. The zero-order valence-corrected chi connectivity index (χ0v) is 17.4. The van der Waals surface area contributed by atoms with Gasteiger partial charge in [-0.1, -0.05) is 17.3 Å². The minimum absolute atomic E-state index is 0.234. The van der Waals surface area contributed by atoms with E-state index < -0.39 is 12.1 Å². The third-order valence-corrected chi connectivity index (χ3v) is 5.30. The minimum atomic E-state index is -0.689. The first kappa shape index (κ1) is 19.8. The summed E-state index contributed by atoms with van der Waals surface area (Å²) in [6, 6.07) is 10.6. The quantitative estimate of drug-likeness (QED) is 0.385. The van der Waals surface area contributed by atoms with Gasteiger partial charge < -0.3 is 18.4 Å². The molecule has 9 heteroatoms. The zero-order valence-electron chi connectivity index (χ0n) is 16.6. The van der Waals surface area contributed by atoms with Crippen molar-refractivity contribution in [2.75, 3.05) is 0 Å². The molecule has 0 saturated carbocycles. The van der Waals surface area contributed by atoms with E-state index in [1.807, 2.05) is 31.4 Å². The first-order chi connectivity index (χ1) is 14.5. The normalized spacial score (nSPS) is 12.0. The lowest BCUT2D eigenvalue weighted by atomic mass is 10.2. The van der Waals surface area contributed by atoms with Gasteiger partial charge in [0.1, 0.15) is 18.1 Å². The van der Waals surface area contributed by atoms with E-state index in [0.717, 1.165) is 16.1 Å². The Labute approximate surface area is 176 Å². The molecule has 8 nitrogen and oxygen atoms in total. The zero-order chi connectivity index (χ0) is 21.1. The maximum atomic E-state index is 12.6. The summed E-state index contributed by atoms with van der Waals surface area (Å²) in [6.45, 7) is 5.66. The first-order valence-corrected chi connectivity index (χ1v) is 10.1. The van der Waals surface area contributed by atoms with Crippen molar-refractivity contribution in [1.82, 2.24) is 15.4 Å². The van der Waals surface area contributed by atoms with E-state index in [2.05, 4.69) is 15.4 Å². The Bertz CT molecular complexity index is 1130. The summed E-state index contributed by atoms with van der Waals surface area (Å²) in [5, 5.41) is 13.8. The predicted octanol–water partition coefficient (Wildman–Crippen LogP) is 4.90. The van der Waals surface area contributed by atoms with Crippen LogP contribution in [-0.2, 0) is 11.3 Å². The van der Waals surface area contributed by atoms with Crippen molar-refractivity contribution < 1.29 is 23.2 Å². The first-order valence-electron chi connectivity index (χ1n) is 9.24. The van der Waals surface area contributed by atoms with Crippen molar-refractivity contribution in [3.63, 3.8) is 0 Å². The molecular formula is C21H19N3O5S. The predicted molar refractivity (Wildman–Crippen MR) is 108 cm³/mol. The molecule has 3 aromatic heterocycles. The van der Waals surface area contributed by atoms with E-state index in [4.69, 9.17) is 18.4 Å². The van der Waals surface area contributed by atoms with Gasteiger partial charge in [0.05, 0.1) is 21.7 Å². The topological polar surface area (TPSA) is 100 Å². The molecule has 0 fully saturated rings. The summed E-state index contributed by atoms with van der Waals surface area (Å²) in [5.41, 5.74) is 2.02.